The van der Waals surface area contributed by atoms with E-state index in [1.54, 1.807) is 18.5 Å². The topological polar surface area (TPSA) is 54.6 Å². The molecule has 0 saturated carbocycles. The van der Waals surface area contributed by atoms with Gasteiger partial charge in [0, 0.05) is 18.0 Å². The van der Waals surface area contributed by atoms with Crippen LogP contribution in [0.3, 0.4) is 0 Å². The molecule has 0 aliphatic rings. The Balaban J connectivity index is 2.17. The van der Waals surface area contributed by atoms with E-state index in [0.29, 0.717) is 5.01 Å². The molecule has 28 heavy (non-hydrogen) atoms. The number of aromatic nitrogens is 3. The van der Waals surface area contributed by atoms with Gasteiger partial charge in [-0.05, 0) is 29.2 Å². The summed E-state index contributed by atoms with van der Waals surface area (Å²) >= 11 is 13.2. The highest BCUT2D eigenvalue weighted by atomic mass is 35.5. The zero-order valence-electron chi connectivity index (χ0n) is 15.0. The lowest BCUT2D eigenvalue weighted by Gasteiger charge is -2.21. The van der Waals surface area contributed by atoms with Crippen molar-refractivity contribution in [3.8, 4) is 16.3 Å². The second-order valence-corrected chi connectivity index (χ2v) is 8.87. The standard InChI is InChI=1S/C18H15Cl2F3N4S/c1-17(2,3)11-8-25-5-4-10(11)15-26-27(16(24)28-15)14-12(19)6-9(7-13(14)20)18(21,22)23/h4-8,24H,1-3H3. The summed E-state index contributed by atoms with van der Waals surface area (Å²) in [5, 5.41) is 12.7. The fraction of sp³-hybridized carbons (Fsp3) is 0.278. The Morgan fingerprint density at radius 3 is 2.25 bits per heavy atom. The zero-order chi connectivity index (χ0) is 20.9. The molecule has 1 aromatic carbocycles. The van der Waals surface area contributed by atoms with Gasteiger partial charge in [-0.2, -0.15) is 18.3 Å². The van der Waals surface area contributed by atoms with Crippen molar-refractivity contribution in [1.82, 2.24) is 14.8 Å². The molecule has 1 N–H and O–H groups in total. The first-order valence-electron chi connectivity index (χ1n) is 8.06. The Bertz CT molecular complexity index is 1070. The molecule has 0 unspecified atom stereocenters. The highest BCUT2D eigenvalue weighted by Gasteiger charge is 2.32. The van der Waals surface area contributed by atoms with Crippen LogP contribution in [0.4, 0.5) is 13.2 Å². The monoisotopic (exact) mass is 446 g/mol. The predicted molar refractivity (Wildman–Crippen MR) is 104 cm³/mol. The molecule has 0 fully saturated rings. The minimum Gasteiger partial charge on any atom is -0.273 e. The van der Waals surface area contributed by atoms with E-state index >= 15 is 0 Å². The molecule has 0 spiro atoms. The maximum Gasteiger partial charge on any atom is 0.416 e. The van der Waals surface area contributed by atoms with Gasteiger partial charge in [-0.3, -0.25) is 10.4 Å². The highest BCUT2D eigenvalue weighted by Crippen LogP contribution is 2.38. The van der Waals surface area contributed by atoms with Crippen LogP contribution in [0.15, 0.2) is 30.6 Å². The minimum atomic E-state index is -4.58. The summed E-state index contributed by atoms with van der Waals surface area (Å²) in [5.74, 6) is 0. The van der Waals surface area contributed by atoms with Gasteiger partial charge in [0.15, 0.2) is 0 Å². The normalized spacial score (nSPS) is 12.4. The van der Waals surface area contributed by atoms with E-state index in [2.05, 4.69) is 10.1 Å². The van der Waals surface area contributed by atoms with Crippen LogP contribution in [0.5, 0.6) is 0 Å². The van der Waals surface area contributed by atoms with Crippen molar-refractivity contribution in [2.45, 2.75) is 32.4 Å². The van der Waals surface area contributed by atoms with Crippen molar-refractivity contribution in [3.05, 3.63) is 56.6 Å². The summed E-state index contributed by atoms with van der Waals surface area (Å²) in [5.41, 5.74) is 0.582. The molecule has 0 aliphatic heterocycles. The third-order valence-corrected chi connectivity index (χ3v) is 5.43. The van der Waals surface area contributed by atoms with Crippen LogP contribution in [0.25, 0.3) is 16.3 Å². The lowest BCUT2D eigenvalue weighted by atomic mass is 9.85. The van der Waals surface area contributed by atoms with Crippen molar-refractivity contribution in [3.63, 3.8) is 0 Å². The minimum absolute atomic E-state index is 0.0183. The number of alkyl halides is 3. The summed E-state index contributed by atoms with van der Waals surface area (Å²) in [6, 6.07) is 3.35. The molecule has 148 valence electrons. The highest BCUT2D eigenvalue weighted by molar-refractivity contribution is 7.12. The Hall–Kier alpha value is -1.90. The largest absolute Gasteiger partial charge is 0.416 e. The summed E-state index contributed by atoms with van der Waals surface area (Å²) in [7, 11) is 0. The Morgan fingerprint density at radius 2 is 1.71 bits per heavy atom. The van der Waals surface area contributed by atoms with Gasteiger partial charge in [0.05, 0.1) is 15.6 Å². The van der Waals surface area contributed by atoms with Crippen LogP contribution < -0.4 is 4.80 Å². The van der Waals surface area contributed by atoms with Crippen LogP contribution in [0, 0.1) is 5.41 Å². The molecule has 0 atom stereocenters. The second kappa shape index (κ2) is 7.17. The molecule has 0 aliphatic carbocycles. The Kier molecular flexibility index (Phi) is 5.33. The van der Waals surface area contributed by atoms with Crippen molar-refractivity contribution < 1.29 is 13.2 Å². The number of pyridine rings is 1. The first kappa shape index (κ1) is 20.8. The lowest BCUT2D eigenvalue weighted by molar-refractivity contribution is -0.137. The van der Waals surface area contributed by atoms with Crippen molar-refractivity contribution in [2.75, 3.05) is 0 Å². The van der Waals surface area contributed by atoms with E-state index in [9.17, 15) is 13.2 Å². The third-order valence-electron chi connectivity index (χ3n) is 3.99. The van der Waals surface area contributed by atoms with Crippen molar-refractivity contribution in [2.24, 2.45) is 0 Å². The molecular formula is C18H15Cl2F3N4S. The summed E-state index contributed by atoms with van der Waals surface area (Å²) < 4.78 is 40.0. The number of hydrogen-bond acceptors (Lipinski definition) is 4. The van der Waals surface area contributed by atoms with Crippen molar-refractivity contribution >= 4 is 34.5 Å². The van der Waals surface area contributed by atoms with Gasteiger partial charge < -0.3 is 0 Å². The average Bonchev–Trinajstić information content (AvgIpc) is 2.94. The van der Waals surface area contributed by atoms with Crippen molar-refractivity contribution in [1.29, 1.82) is 5.41 Å². The molecular weight excluding hydrogens is 432 g/mol. The van der Waals surface area contributed by atoms with E-state index in [-0.39, 0.29) is 25.9 Å². The van der Waals surface area contributed by atoms with E-state index in [1.165, 1.54) is 0 Å². The Labute approximate surface area is 173 Å². The molecule has 2 aromatic heterocycles. The van der Waals surface area contributed by atoms with Crippen LogP contribution in [-0.2, 0) is 11.6 Å². The van der Waals surface area contributed by atoms with Gasteiger partial charge in [-0.1, -0.05) is 55.3 Å². The van der Waals surface area contributed by atoms with E-state index in [1.807, 2.05) is 20.8 Å². The van der Waals surface area contributed by atoms with Crippen LogP contribution in [0.1, 0.15) is 31.9 Å². The number of benzene rings is 1. The van der Waals surface area contributed by atoms with Gasteiger partial charge >= 0.3 is 6.18 Å². The van der Waals surface area contributed by atoms with Gasteiger partial charge in [0.25, 0.3) is 0 Å². The molecule has 4 nitrogen and oxygen atoms in total. The molecule has 0 bridgehead atoms. The lowest BCUT2D eigenvalue weighted by Crippen LogP contribution is -2.15. The molecule has 10 heteroatoms. The molecule has 0 saturated heterocycles. The van der Waals surface area contributed by atoms with E-state index in [4.69, 9.17) is 28.6 Å². The average molecular weight is 447 g/mol. The number of hydrogen-bond donors (Lipinski definition) is 1. The van der Waals surface area contributed by atoms with Crippen LogP contribution >= 0.6 is 34.5 Å². The van der Waals surface area contributed by atoms with E-state index in [0.717, 1.165) is 39.3 Å². The zero-order valence-corrected chi connectivity index (χ0v) is 17.4. The molecule has 3 aromatic rings. The maximum atomic E-state index is 13.0. The second-order valence-electron chi connectivity index (χ2n) is 7.08. The first-order chi connectivity index (χ1) is 12.9. The van der Waals surface area contributed by atoms with Gasteiger partial charge in [-0.25, -0.2) is 4.68 Å². The quantitative estimate of drug-likeness (QED) is 0.516. The van der Waals surface area contributed by atoms with Gasteiger partial charge in [0.2, 0.25) is 4.80 Å². The van der Waals surface area contributed by atoms with Gasteiger partial charge in [-0.15, -0.1) is 0 Å². The molecule has 0 radical (unpaired) electrons. The summed E-state index contributed by atoms with van der Waals surface area (Å²) in [6.07, 6.45) is -1.22. The predicted octanol–water partition coefficient (Wildman–Crippen LogP) is 6.10. The van der Waals surface area contributed by atoms with Gasteiger partial charge in [0.1, 0.15) is 10.7 Å². The molecule has 2 heterocycles. The fourth-order valence-corrected chi connectivity index (χ4v) is 4.12. The molecule has 3 rings (SSSR count). The number of nitrogens with one attached hydrogen (secondary N) is 1. The number of halogens is 5. The van der Waals surface area contributed by atoms with Crippen LogP contribution in [-0.4, -0.2) is 14.8 Å². The smallest absolute Gasteiger partial charge is 0.273 e. The van der Waals surface area contributed by atoms with Crippen LogP contribution in [0.2, 0.25) is 10.0 Å². The molecule has 0 amide bonds. The SMILES string of the molecule is CC(C)(C)c1cnccc1-c1nn(-c2c(Cl)cc(C(F)(F)F)cc2Cl)c(=N)s1. The number of rotatable bonds is 2. The van der Waals surface area contributed by atoms with E-state index < -0.39 is 11.7 Å². The Morgan fingerprint density at radius 1 is 1.11 bits per heavy atom. The third kappa shape index (κ3) is 3.94. The first-order valence-corrected chi connectivity index (χ1v) is 9.63. The number of nitrogens with zero attached hydrogens (tertiary/aromatic N) is 3. The maximum absolute atomic E-state index is 13.0. The fourth-order valence-electron chi connectivity index (χ4n) is 2.66. The summed E-state index contributed by atoms with van der Waals surface area (Å²) in [4.78, 5) is 4.14. The summed E-state index contributed by atoms with van der Waals surface area (Å²) in [6.45, 7) is 6.08.